The molecular formula is C20H18F3N3O. The molecule has 2 aromatic carbocycles. The van der Waals surface area contributed by atoms with Gasteiger partial charge in [0.2, 0.25) is 0 Å². The molecule has 3 rings (SSSR count). The molecule has 2 aromatic rings. The predicted octanol–water partition coefficient (Wildman–Crippen LogP) is 3.75. The topological polar surface area (TPSA) is 70.2 Å². The molecule has 3 N–H and O–H groups in total. The average molecular weight is 373 g/mol. The zero-order chi connectivity index (χ0) is 19.6. The molecular weight excluding hydrogens is 355 g/mol. The molecule has 0 aliphatic carbocycles. The highest BCUT2D eigenvalue weighted by Gasteiger charge is 2.30. The number of nitrogens with zero attached hydrogens (tertiary/aromatic N) is 1. The van der Waals surface area contributed by atoms with Crippen molar-refractivity contribution in [1.29, 1.82) is 5.41 Å². The number of carbonyl (C=O) groups is 1. The van der Waals surface area contributed by atoms with E-state index in [0.29, 0.717) is 25.1 Å². The first-order valence-electron chi connectivity index (χ1n) is 8.34. The van der Waals surface area contributed by atoms with Gasteiger partial charge in [0, 0.05) is 19.3 Å². The van der Waals surface area contributed by atoms with Gasteiger partial charge < -0.3 is 16.0 Å². The summed E-state index contributed by atoms with van der Waals surface area (Å²) in [5.41, 5.74) is 8.51. The molecule has 27 heavy (non-hydrogen) atoms. The largest absolute Gasteiger partial charge is 0.416 e. The van der Waals surface area contributed by atoms with Crippen molar-refractivity contribution in [2.45, 2.75) is 19.1 Å². The molecule has 4 nitrogen and oxygen atoms in total. The quantitative estimate of drug-likeness (QED) is 0.635. The summed E-state index contributed by atoms with van der Waals surface area (Å²) in [6.07, 6.45) is -1.48. The first-order chi connectivity index (χ1) is 12.8. The third-order valence-electron chi connectivity index (χ3n) is 4.56. The van der Waals surface area contributed by atoms with Crippen molar-refractivity contribution < 1.29 is 18.0 Å². The normalized spacial score (nSPS) is 14.6. The molecule has 0 atom stereocenters. The number of amides is 1. The Bertz CT molecular complexity index is 902. The molecule has 1 aliphatic rings. The smallest absolute Gasteiger partial charge is 0.394 e. The summed E-state index contributed by atoms with van der Waals surface area (Å²) < 4.78 is 38.2. The number of fused-ring (bicyclic) bond motifs is 1. The van der Waals surface area contributed by atoms with Crippen LogP contribution in [-0.2, 0) is 23.9 Å². The third-order valence-corrected chi connectivity index (χ3v) is 4.56. The van der Waals surface area contributed by atoms with Gasteiger partial charge in [-0.2, -0.15) is 13.2 Å². The molecule has 0 aromatic heterocycles. The minimum absolute atomic E-state index is 0.00680. The van der Waals surface area contributed by atoms with Gasteiger partial charge in [-0.25, -0.2) is 0 Å². The Kier molecular flexibility index (Phi) is 5.03. The van der Waals surface area contributed by atoms with Crippen LogP contribution in [0.15, 0.2) is 54.2 Å². The fraction of sp³-hybridized carbons (Fsp3) is 0.200. The van der Waals surface area contributed by atoms with E-state index < -0.39 is 11.7 Å². The van der Waals surface area contributed by atoms with Gasteiger partial charge in [-0.05, 0) is 52.9 Å². The average Bonchev–Trinajstić information content (AvgIpc) is 2.66. The molecule has 0 fully saturated rings. The standard InChI is InChI=1S/C20H18F3N3O/c21-20(22,23)17-5-3-13(4-6-17)15-2-1-14-8-10-26(12-16(14)11-15)19(27)18(25)7-9-24/h1-7,9,11,24H,8,10,12,25H2/b18-7-,24-9?. The first kappa shape index (κ1) is 18.7. The van der Waals surface area contributed by atoms with Crippen LogP contribution in [0.1, 0.15) is 16.7 Å². The van der Waals surface area contributed by atoms with E-state index in [2.05, 4.69) is 0 Å². The van der Waals surface area contributed by atoms with Crippen molar-refractivity contribution in [3.63, 3.8) is 0 Å². The van der Waals surface area contributed by atoms with Crippen molar-refractivity contribution in [3.05, 3.63) is 70.9 Å². The molecule has 7 heteroatoms. The second kappa shape index (κ2) is 7.26. The molecule has 1 amide bonds. The fourth-order valence-corrected chi connectivity index (χ4v) is 3.11. The zero-order valence-corrected chi connectivity index (χ0v) is 14.4. The second-order valence-electron chi connectivity index (χ2n) is 6.32. The van der Waals surface area contributed by atoms with Gasteiger partial charge in [0.05, 0.1) is 11.3 Å². The number of allylic oxidation sites excluding steroid dienone is 1. The Morgan fingerprint density at radius 3 is 2.37 bits per heavy atom. The Morgan fingerprint density at radius 2 is 1.74 bits per heavy atom. The number of nitrogens with one attached hydrogen (secondary N) is 1. The van der Waals surface area contributed by atoms with Gasteiger partial charge >= 0.3 is 6.18 Å². The van der Waals surface area contributed by atoms with Crippen molar-refractivity contribution in [3.8, 4) is 11.1 Å². The molecule has 0 spiro atoms. The Hall–Kier alpha value is -3.09. The van der Waals surface area contributed by atoms with Crippen molar-refractivity contribution in [2.75, 3.05) is 6.54 Å². The highest BCUT2D eigenvalue weighted by Crippen LogP contribution is 2.32. The van der Waals surface area contributed by atoms with E-state index in [9.17, 15) is 18.0 Å². The summed E-state index contributed by atoms with van der Waals surface area (Å²) in [6, 6.07) is 10.7. The van der Waals surface area contributed by atoms with Crippen LogP contribution in [0.4, 0.5) is 13.2 Å². The summed E-state index contributed by atoms with van der Waals surface area (Å²) in [5.74, 6) is -0.330. The molecule has 0 bridgehead atoms. The zero-order valence-electron chi connectivity index (χ0n) is 14.4. The van der Waals surface area contributed by atoms with Gasteiger partial charge in [0.15, 0.2) is 0 Å². The minimum Gasteiger partial charge on any atom is -0.394 e. The van der Waals surface area contributed by atoms with Crippen LogP contribution in [-0.4, -0.2) is 23.6 Å². The van der Waals surface area contributed by atoms with Crippen molar-refractivity contribution >= 4 is 12.1 Å². The Balaban J connectivity index is 1.85. The third kappa shape index (κ3) is 4.02. The molecule has 0 saturated heterocycles. The SMILES string of the molecule is N=C/C=C(\N)C(=O)N1CCc2ccc(-c3ccc(C(F)(F)F)cc3)cc2C1. The highest BCUT2D eigenvalue weighted by molar-refractivity contribution is 5.96. The molecule has 0 saturated carbocycles. The maximum Gasteiger partial charge on any atom is 0.416 e. The van der Waals surface area contributed by atoms with E-state index in [1.165, 1.54) is 18.2 Å². The number of halogens is 3. The molecule has 0 unspecified atom stereocenters. The van der Waals surface area contributed by atoms with Crippen LogP contribution < -0.4 is 5.73 Å². The predicted molar refractivity (Wildman–Crippen MR) is 97.1 cm³/mol. The summed E-state index contributed by atoms with van der Waals surface area (Å²) in [5, 5.41) is 7.01. The van der Waals surface area contributed by atoms with Gasteiger partial charge in [-0.1, -0.05) is 24.3 Å². The van der Waals surface area contributed by atoms with Crippen LogP contribution in [0.5, 0.6) is 0 Å². The van der Waals surface area contributed by atoms with Crippen LogP contribution in [0.3, 0.4) is 0 Å². The van der Waals surface area contributed by atoms with E-state index in [-0.39, 0.29) is 11.6 Å². The number of alkyl halides is 3. The van der Waals surface area contributed by atoms with Crippen LogP contribution in [0.25, 0.3) is 11.1 Å². The number of hydrogen-bond donors (Lipinski definition) is 2. The van der Waals surface area contributed by atoms with Crippen molar-refractivity contribution in [1.82, 2.24) is 4.90 Å². The number of rotatable bonds is 3. The van der Waals surface area contributed by atoms with Gasteiger partial charge in [0.1, 0.15) is 0 Å². The fourth-order valence-electron chi connectivity index (χ4n) is 3.11. The van der Waals surface area contributed by atoms with E-state index in [1.54, 1.807) is 4.90 Å². The summed E-state index contributed by atoms with van der Waals surface area (Å²) in [7, 11) is 0. The monoisotopic (exact) mass is 373 g/mol. The summed E-state index contributed by atoms with van der Waals surface area (Å²) >= 11 is 0. The highest BCUT2D eigenvalue weighted by atomic mass is 19.4. The number of benzene rings is 2. The minimum atomic E-state index is -4.36. The lowest BCUT2D eigenvalue weighted by molar-refractivity contribution is -0.137. The van der Waals surface area contributed by atoms with E-state index in [0.717, 1.165) is 35.0 Å². The Morgan fingerprint density at radius 1 is 1.07 bits per heavy atom. The number of nitrogens with two attached hydrogens (primary N) is 1. The Labute approximate surface area is 154 Å². The van der Waals surface area contributed by atoms with Crippen LogP contribution in [0.2, 0.25) is 0 Å². The first-order valence-corrected chi connectivity index (χ1v) is 8.34. The summed E-state index contributed by atoms with van der Waals surface area (Å²) in [4.78, 5) is 13.9. The second-order valence-corrected chi connectivity index (χ2v) is 6.32. The van der Waals surface area contributed by atoms with Gasteiger partial charge in [-0.3, -0.25) is 4.79 Å². The van der Waals surface area contributed by atoms with Crippen molar-refractivity contribution in [2.24, 2.45) is 5.73 Å². The van der Waals surface area contributed by atoms with E-state index in [1.807, 2.05) is 18.2 Å². The van der Waals surface area contributed by atoms with Gasteiger partial charge in [0.25, 0.3) is 5.91 Å². The van der Waals surface area contributed by atoms with E-state index >= 15 is 0 Å². The van der Waals surface area contributed by atoms with Gasteiger partial charge in [-0.15, -0.1) is 0 Å². The lowest BCUT2D eigenvalue weighted by Crippen LogP contribution is -2.38. The lowest BCUT2D eigenvalue weighted by Gasteiger charge is -2.29. The maximum atomic E-state index is 12.7. The number of carbonyl (C=O) groups excluding carboxylic acids is 1. The maximum absolute atomic E-state index is 12.7. The van der Waals surface area contributed by atoms with Crippen LogP contribution in [0, 0.1) is 5.41 Å². The molecule has 0 radical (unpaired) electrons. The molecule has 140 valence electrons. The van der Waals surface area contributed by atoms with E-state index in [4.69, 9.17) is 11.1 Å². The molecule has 1 aliphatic heterocycles. The molecule has 1 heterocycles. The summed E-state index contributed by atoms with van der Waals surface area (Å²) in [6.45, 7) is 0.896. The number of hydrogen-bond acceptors (Lipinski definition) is 3. The lowest BCUT2D eigenvalue weighted by atomic mass is 9.94. The van der Waals surface area contributed by atoms with Crippen LogP contribution >= 0.6 is 0 Å².